The standard InChI is InChI=1S/C13H16N2S/c1-9(11-6-4-3-5-7-11)8-12-13(14)16-10(2)15-12/h3-7,9H,8,14H2,1-2H3. The van der Waals surface area contributed by atoms with E-state index < -0.39 is 0 Å². The second-order valence-electron chi connectivity index (χ2n) is 4.06. The fraction of sp³-hybridized carbons (Fsp3) is 0.308. The topological polar surface area (TPSA) is 38.9 Å². The predicted octanol–water partition coefficient (Wildman–Crippen LogP) is 3.38. The van der Waals surface area contributed by atoms with Gasteiger partial charge in [-0.15, -0.1) is 11.3 Å². The second-order valence-corrected chi connectivity index (χ2v) is 5.29. The van der Waals surface area contributed by atoms with Crippen molar-refractivity contribution in [2.45, 2.75) is 26.2 Å². The molecule has 0 saturated heterocycles. The minimum Gasteiger partial charge on any atom is -0.389 e. The van der Waals surface area contributed by atoms with Crippen LogP contribution in [0.3, 0.4) is 0 Å². The Morgan fingerprint density at radius 3 is 2.56 bits per heavy atom. The first-order chi connectivity index (χ1) is 7.66. The van der Waals surface area contributed by atoms with Crippen LogP contribution in [0.1, 0.15) is 29.1 Å². The zero-order valence-electron chi connectivity index (χ0n) is 9.60. The largest absolute Gasteiger partial charge is 0.389 e. The van der Waals surface area contributed by atoms with Crippen LogP contribution in [0.25, 0.3) is 0 Å². The lowest BCUT2D eigenvalue weighted by Crippen LogP contribution is -2.00. The van der Waals surface area contributed by atoms with Crippen LogP contribution in [0.5, 0.6) is 0 Å². The minimum absolute atomic E-state index is 0.463. The number of anilines is 1. The van der Waals surface area contributed by atoms with Crippen molar-refractivity contribution in [3.05, 3.63) is 46.6 Å². The Morgan fingerprint density at radius 1 is 1.31 bits per heavy atom. The quantitative estimate of drug-likeness (QED) is 0.881. The molecule has 0 fully saturated rings. The molecule has 16 heavy (non-hydrogen) atoms. The Hall–Kier alpha value is -1.35. The van der Waals surface area contributed by atoms with E-state index in [1.54, 1.807) is 11.3 Å². The third-order valence-electron chi connectivity index (χ3n) is 2.70. The molecule has 2 N–H and O–H groups in total. The van der Waals surface area contributed by atoms with Gasteiger partial charge in [0.15, 0.2) is 0 Å². The molecule has 1 aromatic carbocycles. The van der Waals surface area contributed by atoms with Crippen molar-refractivity contribution in [2.24, 2.45) is 0 Å². The van der Waals surface area contributed by atoms with Gasteiger partial charge in [-0.25, -0.2) is 4.98 Å². The number of rotatable bonds is 3. The Labute approximate surface area is 100 Å². The van der Waals surface area contributed by atoms with Gasteiger partial charge in [-0.1, -0.05) is 37.3 Å². The van der Waals surface area contributed by atoms with Gasteiger partial charge in [0.05, 0.1) is 10.7 Å². The van der Waals surface area contributed by atoms with Crippen molar-refractivity contribution in [3.8, 4) is 0 Å². The van der Waals surface area contributed by atoms with E-state index in [1.165, 1.54) is 5.56 Å². The molecule has 1 atom stereocenters. The lowest BCUT2D eigenvalue weighted by atomic mass is 9.96. The van der Waals surface area contributed by atoms with E-state index in [0.29, 0.717) is 5.92 Å². The normalized spacial score (nSPS) is 12.6. The van der Waals surface area contributed by atoms with Gasteiger partial charge in [0, 0.05) is 0 Å². The van der Waals surface area contributed by atoms with Gasteiger partial charge in [-0.2, -0.15) is 0 Å². The number of thiazole rings is 1. The van der Waals surface area contributed by atoms with Gasteiger partial charge in [-0.3, -0.25) is 0 Å². The number of nitrogens with two attached hydrogens (primary N) is 1. The smallest absolute Gasteiger partial charge is 0.109 e. The summed E-state index contributed by atoms with van der Waals surface area (Å²) in [6.07, 6.45) is 0.917. The number of hydrogen-bond donors (Lipinski definition) is 1. The second kappa shape index (κ2) is 4.66. The van der Waals surface area contributed by atoms with Crippen LogP contribution in [0.2, 0.25) is 0 Å². The van der Waals surface area contributed by atoms with Crippen LogP contribution in [-0.2, 0) is 6.42 Å². The number of nitrogens with zero attached hydrogens (tertiary/aromatic N) is 1. The molecular formula is C13H16N2S. The highest BCUT2D eigenvalue weighted by molar-refractivity contribution is 7.15. The van der Waals surface area contributed by atoms with E-state index in [2.05, 4.69) is 36.2 Å². The first kappa shape index (κ1) is 11.1. The van der Waals surface area contributed by atoms with Crippen molar-refractivity contribution in [1.29, 1.82) is 0 Å². The number of benzene rings is 1. The van der Waals surface area contributed by atoms with E-state index >= 15 is 0 Å². The molecule has 84 valence electrons. The summed E-state index contributed by atoms with van der Waals surface area (Å²) >= 11 is 1.57. The summed E-state index contributed by atoms with van der Waals surface area (Å²) in [7, 11) is 0. The van der Waals surface area contributed by atoms with Gasteiger partial charge >= 0.3 is 0 Å². The molecule has 2 nitrogen and oxygen atoms in total. The summed E-state index contributed by atoms with van der Waals surface area (Å²) < 4.78 is 0. The van der Waals surface area contributed by atoms with E-state index in [9.17, 15) is 0 Å². The van der Waals surface area contributed by atoms with Crippen LogP contribution >= 0.6 is 11.3 Å². The molecule has 0 aliphatic carbocycles. The molecular weight excluding hydrogens is 216 g/mol. The summed E-state index contributed by atoms with van der Waals surface area (Å²) in [5.41, 5.74) is 8.30. The molecule has 0 radical (unpaired) electrons. The molecule has 0 amide bonds. The van der Waals surface area contributed by atoms with Crippen LogP contribution in [0.4, 0.5) is 5.00 Å². The van der Waals surface area contributed by atoms with Crippen LogP contribution in [0, 0.1) is 6.92 Å². The summed E-state index contributed by atoms with van der Waals surface area (Å²) in [4.78, 5) is 4.47. The van der Waals surface area contributed by atoms with Crippen molar-refractivity contribution in [3.63, 3.8) is 0 Å². The third-order valence-corrected chi connectivity index (χ3v) is 3.54. The molecule has 1 heterocycles. The Balaban J connectivity index is 2.14. The first-order valence-corrected chi connectivity index (χ1v) is 6.25. The average molecular weight is 232 g/mol. The van der Waals surface area contributed by atoms with E-state index in [-0.39, 0.29) is 0 Å². The summed E-state index contributed by atoms with van der Waals surface area (Å²) in [6.45, 7) is 4.21. The lowest BCUT2D eigenvalue weighted by Gasteiger charge is -2.10. The Bertz CT molecular complexity index is 462. The molecule has 1 aromatic heterocycles. The Morgan fingerprint density at radius 2 is 2.00 bits per heavy atom. The molecule has 0 aliphatic rings. The van der Waals surface area contributed by atoms with Crippen molar-refractivity contribution < 1.29 is 0 Å². The van der Waals surface area contributed by atoms with Gasteiger partial charge in [-0.05, 0) is 24.8 Å². The molecule has 1 unspecified atom stereocenters. The highest BCUT2D eigenvalue weighted by Crippen LogP contribution is 2.26. The number of aromatic nitrogens is 1. The van der Waals surface area contributed by atoms with Gasteiger partial charge in [0.25, 0.3) is 0 Å². The maximum Gasteiger partial charge on any atom is 0.109 e. The molecule has 0 saturated carbocycles. The summed E-state index contributed by atoms with van der Waals surface area (Å²) in [5, 5.41) is 1.91. The van der Waals surface area contributed by atoms with Crippen molar-refractivity contribution in [2.75, 3.05) is 5.73 Å². The number of aryl methyl sites for hydroxylation is 1. The monoisotopic (exact) mass is 232 g/mol. The van der Waals surface area contributed by atoms with E-state index in [0.717, 1.165) is 22.1 Å². The fourth-order valence-electron chi connectivity index (χ4n) is 1.82. The van der Waals surface area contributed by atoms with E-state index in [1.807, 2.05) is 13.0 Å². The average Bonchev–Trinajstić information content (AvgIpc) is 2.59. The van der Waals surface area contributed by atoms with Crippen LogP contribution in [0.15, 0.2) is 30.3 Å². The maximum absolute atomic E-state index is 5.92. The first-order valence-electron chi connectivity index (χ1n) is 5.43. The van der Waals surface area contributed by atoms with Crippen molar-refractivity contribution >= 4 is 16.3 Å². The SMILES string of the molecule is Cc1nc(CC(C)c2ccccc2)c(N)s1. The van der Waals surface area contributed by atoms with Crippen molar-refractivity contribution in [1.82, 2.24) is 4.98 Å². The minimum atomic E-state index is 0.463. The molecule has 0 bridgehead atoms. The fourth-order valence-corrected chi connectivity index (χ4v) is 2.54. The molecule has 2 aromatic rings. The Kier molecular flexibility index (Phi) is 3.25. The molecule has 0 aliphatic heterocycles. The lowest BCUT2D eigenvalue weighted by molar-refractivity contribution is 0.745. The summed E-state index contributed by atoms with van der Waals surface area (Å²) in [6, 6.07) is 10.5. The van der Waals surface area contributed by atoms with Gasteiger partial charge in [0.1, 0.15) is 5.00 Å². The summed E-state index contributed by atoms with van der Waals surface area (Å²) in [5.74, 6) is 0.463. The zero-order valence-corrected chi connectivity index (χ0v) is 10.4. The van der Waals surface area contributed by atoms with Gasteiger partial charge < -0.3 is 5.73 Å². The van der Waals surface area contributed by atoms with Crippen LogP contribution in [-0.4, -0.2) is 4.98 Å². The molecule has 0 spiro atoms. The highest BCUT2D eigenvalue weighted by atomic mass is 32.1. The van der Waals surface area contributed by atoms with Gasteiger partial charge in [0.2, 0.25) is 0 Å². The number of nitrogen functional groups attached to an aromatic ring is 1. The van der Waals surface area contributed by atoms with Crippen LogP contribution < -0.4 is 5.73 Å². The third kappa shape index (κ3) is 2.42. The van der Waals surface area contributed by atoms with E-state index in [4.69, 9.17) is 5.73 Å². The maximum atomic E-state index is 5.92. The highest BCUT2D eigenvalue weighted by Gasteiger charge is 2.11. The zero-order chi connectivity index (χ0) is 11.5. The number of hydrogen-bond acceptors (Lipinski definition) is 3. The molecule has 3 heteroatoms. The predicted molar refractivity (Wildman–Crippen MR) is 69.8 cm³/mol. The molecule has 2 rings (SSSR count).